The second-order valence-electron chi connectivity index (χ2n) is 7.06. The summed E-state index contributed by atoms with van der Waals surface area (Å²) in [6.07, 6.45) is 6.05. The summed E-state index contributed by atoms with van der Waals surface area (Å²) in [5.74, 6) is 0.770. The third kappa shape index (κ3) is 2.78. The standard InChI is InChI=1S/C17H21N3O/c1-17(2)8-14-13(15(21)9-17)7-11(10-18)16(20-14)19-12-5-3-4-6-12/h7,12H,3-6,8-9H2,1-2H3,(H,19,20). The monoisotopic (exact) mass is 283 g/mol. The number of Topliss-reactive ketones (excluding diaryl/α,β-unsaturated/α-hetero) is 1. The van der Waals surface area contributed by atoms with E-state index in [1.807, 2.05) is 0 Å². The van der Waals surface area contributed by atoms with Crippen LogP contribution in [0.4, 0.5) is 5.82 Å². The Balaban J connectivity index is 1.98. The van der Waals surface area contributed by atoms with Gasteiger partial charge in [0.1, 0.15) is 11.9 Å². The summed E-state index contributed by atoms with van der Waals surface area (Å²) in [6.45, 7) is 4.19. The Bertz CT molecular complexity index is 622. The summed E-state index contributed by atoms with van der Waals surface area (Å²) in [4.78, 5) is 16.9. The first kappa shape index (κ1) is 14.1. The fourth-order valence-electron chi connectivity index (χ4n) is 3.43. The highest BCUT2D eigenvalue weighted by Gasteiger charge is 2.33. The van der Waals surface area contributed by atoms with Gasteiger partial charge in [0.2, 0.25) is 0 Å². The Kier molecular flexibility index (Phi) is 3.44. The number of nitrogens with zero attached hydrogens (tertiary/aromatic N) is 2. The highest BCUT2D eigenvalue weighted by atomic mass is 16.1. The van der Waals surface area contributed by atoms with Crippen molar-refractivity contribution in [2.24, 2.45) is 5.41 Å². The molecule has 0 radical (unpaired) electrons. The first-order chi connectivity index (χ1) is 9.98. The molecule has 0 aromatic carbocycles. The molecule has 21 heavy (non-hydrogen) atoms. The fraction of sp³-hybridized carbons (Fsp3) is 0.588. The second-order valence-corrected chi connectivity index (χ2v) is 7.06. The molecule has 1 fully saturated rings. The number of rotatable bonds is 2. The van der Waals surface area contributed by atoms with Gasteiger partial charge in [-0.25, -0.2) is 4.98 Å². The topological polar surface area (TPSA) is 65.8 Å². The van der Waals surface area contributed by atoms with Gasteiger partial charge in [0.25, 0.3) is 0 Å². The van der Waals surface area contributed by atoms with E-state index in [1.54, 1.807) is 6.07 Å². The summed E-state index contributed by atoms with van der Waals surface area (Å²) in [5, 5.41) is 12.7. The van der Waals surface area contributed by atoms with Crippen LogP contribution < -0.4 is 5.32 Å². The number of hydrogen-bond acceptors (Lipinski definition) is 4. The molecule has 1 heterocycles. The summed E-state index contributed by atoms with van der Waals surface area (Å²) in [7, 11) is 0. The third-order valence-electron chi connectivity index (χ3n) is 4.50. The fourth-order valence-corrected chi connectivity index (χ4v) is 3.43. The molecule has 0 atom stereocenters. The van der Waals surface area contributed by atoms with E-state index < -0.39 is 0 Å². The molecule has 1 saturated carbocycles. The van der Waals surface area contributed by atoms with Gasteiger partial charge in [0.05, 0.1) is 11.3 Å². The van der Waals surface area contributed by atoms with Gasteiger partial charge >= 0.3 is 0 Å². The smallest absolute Gasteiger partial charge is 0.165 e. The van der Waals surface area contributed by atoms with Crippen LogP contribution in [0.1, 0.15) is 67.6 Å². The minimum Gasteiger partial charge on any atom is -0.366 e. The van der Waals surface area contributed by atoms with Crippen LogP contribution in [0.5, 0.6) is 0 Å². The van der Waals surface area contributed by atoms with E-state index in [4.69, 9.17) is 0 Å². The minimum atomic E-state index is -0.0458. The van der Waals surface area contributed by atoms with E-state index >= 15 is 0 Å². The molecule has 1 aromatic heterocycles. The maximum Gasteiger partial charge on any atom is 0.165 e. The maximum absolute atomic E-state index is 12.3. The molecule has 4 nitrogen and oxygen atoms in total. The van der Waals surface area contributed by atoms with Gasteiger partial charge in [0, 0.05) is 18.0 Å². The van der Waals surface area contributed by atoms with Crippen LogP contribution in [0.25, 0.3) is 0 Å². The molecular weight excluding hydrogens is 262 g/mol. The molecular formula is C17H21N3O. The van der Waals surface area contributed by atoms with Gasteiger partial charge in [-0.15, -0.1) is 0 Å². The predicted octanol–water partition coefficient (Wildman–Crippen LogP) is 3.46. The zero-order chi connectivity index (χ0) is 15.0. The quantitative estimate of drug-likeness (QED) is 0.902. The maximum atomic E-state index is 12.3. The number of ketones is 1. The Hall–Kier alpha value is -1.89. The lowest BCUT2D eigenvalue weighted by molar-refractivity contribution is 0.0910. The second kappa shape index (κ2) is 5.14. The number of anilines is 1. The molecule has 0 bridgehead atoms. The number of carbonyl (C=O) groups excluding carboxylic acids is 1. The average molecular weight is 283 g/mol. The van der Waals surface area contributed by atoms with Crippen LogP contribution in [0.2, 0.25) is 0 Å². The van der Waals surface area contributed by atoms with Gasteiger partial charge in [-0.2, -0.15) is 5.26 Å². The normalized spacial score (nSPS) is 20.9. The van der Waals surface area contributed by atoms with E-state index in [2.05, 4.69) is 30.2 Å². The summed E-state index contributed by atoms with van der Waals surface area (Å²) in [6, 6.07) is 4.33. The number of aromatic nitrogens is 1. The molecule has 0 aliphatic heterocycles. The Morgan fingerprint density at radius 3 is 2.71 bits per heavy atom. The number of nitrogens with one attached hydrogen (secondary N) is 1. The predicted molar refractivity (Wildman–Crippen MR) is 81.3 cm³/mol. The van der Waals surface area contributed by atoms with Gasteiger partial charge in [-0.1, -0.05) is 26.7 Å². The molecule has 0 spiro atoms. The van der Waals surface area contributed by atoms with Crippen molar-refractivity contribution in [1.29, 1.82) is 5.26 Å². The summed E-state index contributed by atoms with van der Waals surface area (Å²) in [5.41, 5.74) is 1.93. The molecule has 4 heteroatoms. The van der Waals surface area contributed by atoms with E-state index in [0.717, 1.165) is 25.0 Å². The largest absolute Gasteiger partial charge is 0.366 e. The van der Waals surface area contributed by atoms with Crippen molar-refractivity contribution in [3.63, 3.8) is 0 Å². The Morgan fingerprint density at radius 1 is 1.33 bits per heavy atom. The number of nitriles is 1. The summed E-state index contributed by atoms with van der Waals surface area (Å²) < 4.78 is 0. The number of hydrogen-bond donors (Lipinski definition) is 1. The van der Waals surface area contributed by atoms with Gasteiger partial charge in [-0.3, -0.25) is 4.79 Å². The van der Waals surface area contributed by atoms with Crippen molar-refractivity contribution >= 4 is 11.6 Å². The summed E-state index contributed by atoms with van der Waals surface area (Å²) >= 11 is 0. The molecule has 1 aromatic rings. The van der Waals surface area contributed by atoms with Crippen LogP contribution in [-0.2, 0) is 6.42 Å². The van der Waals surface area contributed by atoms with Crippen molar-refractivity contribution in [2.45, 2.75) is 58.4 Å². The average Bonchev–Trinajstić information content (AvgIpc) is 2.89. The van der Waals surface area contributed by atoms with Crippen molar-refractivity contribution in [3.05, 3.63) is 22.9 Å². The highest BCUT2D eigenvalue weighted by molar-refractivity contribution is 5.99. The van der Waals surface area contributed by atoms with Crippen LogP contribution in [0.15, 0.2) is 6.07 Å². The molecule has 1 N–H and O–H groups in total. The zero-order valence-corrected chi connectivity index (χ0v) is 12.7. The zero-order valence-electron chi connectivity index (χ0n) is 12.7. The lowest BCUT2D eigenvalue weighted by Gasteiger charge is -2.30. The van der Waals surface area contributed by atoms with Crippen molar-refractivity contribution in [1.82, 2.24) is 4.98 Å². The third-order valence-corrected chi connectivity index (χ3v) is 4.50. The van der Waals surface area contributed by atoms with Crippen LogP contribution in [-0.4, -0.2) is 16.8 Å². The van der Waals surface area contributed by atoms with Gasteiger partial charge in [0.15, 0.2) is 5.78 Å². The molecule has 2 aliphatic rings. The number of pyridine rings is 1. The van der Waals surface area contributed by atoms with Crippen molar-refractivity contribution < 1.29 is 4.79 Å². The molecule has 0 saturated heterocycles. The van der Waals surface area contributed by atoms with Crippen molar-refractivity contribution in [2.75, 3.05) is 5.32 Å². The first-order valence-electron chi connectivity index (χ1n) is 7.72. The minimum absolute atomic E-state index is 0.0458. The Labute approximate surface area is 125 Å². The van der Waals surface area contributed by atoms with Crippen LogP contribution in [0, 0.1) is 16.7 Å². The SMILES string of the molecule is CC1(C)CC(=O)c2cc(C#N)c(NC3CCCC3)nc2C1. The lowest BCUT2D eigenvalue weighted by atomic mass is 9.75. The molecule has 0 amide bonds. The number of carbonyl (C=O) groups is 1. The molecule has 2 aliphatic carbocycles. The van der Waals surface area contributed by atoms with Gasteiger partial charge in [-0.05, 0) is 30.7 Å². The van der Waals surface area contributed by atoms with E-state index in [-0.39, 0.29) is 11.2 Å². The molecule has 110 valence electrons. The van der Waals surface area contributed by atoms with Crippen LogP contribution >= 0.6 is 0 Å². The van der Waals surface area contributed by atoms with E-state index in [1.165, 1.54) is 12.8 Å². The van der Waals surface area contributed by atoms with E-state index in [9.17, 15) is 10.1 Å². The first-order valence-corrected chi connectivity index (χ1v) is 7.72. The van der Waals surface area contributed by atoms with Gasteiger partial charge < -0.3 is 5.32 Å². The van der Waals surface area contributed by atoms with E-state index in [0.29, 0.717) is 29.4 Å². The van der Waals surface area contributed by atoms with Crippen LogP contribution in [0.3, 0.4) is 0 Å². The Morgan fingerprint density at radius 2 is 2.05 bits per heavy atom. The molecule has 3 rings (SSSR count). The van der Waals surface area contributed by atoms with Crippen molar-refractivity contribution in [3.8, 4) is 6.07 Å². The molecule has 0 unspecified atom stereocenters. The highest BCUT2D eigenvalue weighted by Crippen LogP contribution is 2.35. The number of fused-ring (bicyclic) bond motifs is 1. The lowest BCUT2D eigenvalue weighted by Crippen LogP contribution is -2.29.